The van der Waals surface area contributed by atoms with Gasteiger partial charge in [-0.15, -0.1) is 10.2 Å². The summed E-state index contributed by atoms with van der Waals surface area (Å²) in [5.74, 6) is 1.21. The molecule has 0 saturated carbocycles. The van der Waals surface area contributed by atoms with Crippen LogP contribution < -0.4 is 10.1 Å². The fourth-order valence-corrected chi connectivity index (χ4v) is 4.66. The van der Waals surface area contributed by atoms with E-state index in [0.717, 1.165) is 15.7 Å². The number of hydrogen-bond donors (Lipinski definition) is 1. The fraction of sp³-hybridized carbons (Fsp3) is 0.136. The second kappa shape index (κ2) is 9.07. The molecule has 1 N–H and O–H groups in total. The molecule has 0 aliphatic rings. The zero-order valence-electron chi connectivity index (χ0n) is 15.8. The molecule has 0 saturated heterocycles. The molecule has 29 heavy (non-hydrogen) atoms. The number of ether oxygens (including phenoxy) is 1. The summed E-state index contributed by atoms with van der Waals surface area (Å²) in [6.45, 7) is 1.91. The molecule has 1 amide bonds. The smallest absolute Gasteiger partial charge is 0.264 e. The number of carbonyl (C=O) groups excluding carboxylic acids is 1. The van der Waals surface area contributed by atoms with E-state index in [2.05, 4.69) is 45.8 Å². The van der Waals surface area contributed by atoms with Crippen molar-refractivity contribution in [3.05, 3.63) is 77.9 Å². The van der Waals surface area contributed by atoms with E-state index in [1.165, 1.54) is 27.7 Å². The van der Waals surface area contributed by atoms with Gasteiger partial charge >= 0.3 is 0 Å². The van der Waals surface area contributed by atoms with Gasteiger partial charge in [-0.1, -0.05) is 77.7 Å². The lowest BCUT2D eigenvalue weighted by molar-refractivity contribution is -0.118. The van der Waals surface area contributed by atoms with Gasteiger partial charge in [0.2, 0.25) is 5.13 Å². The number of thioether (sulfide) groups is 1. The number of nitrogens with zero attached hydrogens (tertiary/aromatic N) is 2. The summed E-state index contributed by atoms with van der Waals surface area (Å²) in [5.41, 5.74) is 2.33. The number of rotatable bonds is 7. The number of fused-ring (bicyclic) bond motifs is 1. The molecule has 146 valence electrons. The Morgan fingerprint density at radius 3 is 2.79 bits per heavy atom. The van der Waals surface area contributed by atoms with Crippen molar-refractivity contribution in [2.24, 2.45) is 0 Å². The highest BCUT2D eigenvalue weighted by Gasteiger charge is 2.10. The molecule has 7 heteroatoms. The summed E-state index contributed by atoms with van der Waals surface area (Å²) in [6.07, 6.45) is 0. The van der Waals surface area contributed by atoms with Crippen LogP contribution in [0.5, 0.6) is 5.75 Å². The lowest BCUT2D eigenvalue weighted by atomic mass is 10.1. The molecular formula is C22H19N3O2S2. The van der Waals surface area contributed by atoms with Gasteiger partial charge in [-0.05, 0) is 41.0 Å². The summed E-state index contributed by atoms with van der Waals surface area (Å²) in [6, 6.07) is 22.2. The first-order valence-corrected chi connectivity index (χ1v) is 10.9. The minimum atomic E-state index is -0.256. The van der Waals surface area contributed by atoms with Crippen molar-refractivity contribution in [2.45, 2.75) is 17.0 Å². The quantitative estimate of drug-likeness (QED) is 0.324. The van der Waals surface area contributed by atoms with Crippen molar-refractivity contribution < 1.29 is 9.53 Å². The van der Waals surface area contributed by atoms with E-state index in [-0.39, 0.29) is 12.5 Å². The zero-order valence-corrected chi connectivity index (χ0v) is 17.4. The van der Waals surface area contributed by atoms with Crippen molar-refractivity contribution >= 4 is 44.9 Å². The summed E-state index contributed by atoms with van der Waals surface area (Å²) in [5, 5.41) is 13.9. The average Bonchev–Trinajstić information content (AvgIpc) is 3.18. The summed E-state index contributed by atoms with van der Waals surface area (Å²) >= 11 is 2.97. The van der Waals surface area contributed by atoms with E-state index < -0.39 is 0 Å². The largest absolute Gasteiger partial charge is 0.484 e. The second-order valence-electron chi connectivity index (χ2n) is 6.45. The number of nitrogens with one attached hydrogen (secondary N) is 1. The molecule has 0 aliphatic heterocycles. The molecule has 4 aromatic rings. The number of hydrogen-bond acceptors (Lipinski definition) is 6. The second-order valence-corrected chi connectivity index (χ2v) is 8.65. The Bertz CT molecular complexity index is 1140. The van der Waals surface area contributed by atoms with Crippen LogP contribution >= 0.6 is 23.1 Å². The fourth-order valence-electron chi connectivity index (χ4n) is 2.89. The molecule has 0 radical (unpaired) electrons. The predicted octanol–water partition coefficient (Wildman–Crippen LogP) is 5.31. The van der Waals surface area contributed by atoms with Gasteiger partial charge in [0.05, 0.1) is 0 Å². The van der Waals surface area contributed by atoms with E-state index in [4.69, 9.17) is 4.74 Å². The number of amides is 1. The first-order chi connectivity index (χ1) is 14.2. The number of carbonyl (C=O) groups is 1. The van der Waals surface area contributed by atoms with Gasteiger partial charge in [-0.3, -0.25) is 10.1 Å². The minimum Gasteiger partial charge on any atom is -0.484 e. The third-order valence-corrected chi connectivity index (χ3v) is 6.26. The zero-order chi connectivity index (χ0) is 20.1. The van der Waals surface area contributed by atoms with E-state index in [1.807, 2.05) is 43.3 Å². The van der Waals surface area contributed by atoms with Crippen molar-refractivity contribution in [3.8, 4) is 5.75 Å². The number of anilines is 1. The highest BCUT2D eigenvalue weighted by molar-refractivity contribution is 8.00. The maximum absolute atomic E-state index is 12.1. The Kier molecular flexibility index (Phi) is 6.07. The summed E-state index contributed by atoms with van der Waals surface area (Å²) < 4.78 is 6.33. The summed E-state index contributed by atoms with van der Waals surface area (Å²) in [7, 11) is 0. The third kappa shape index (κ3) is 5.13. The first kappa shape index (κ1) is 19.4. The van der Waals surface area contributed by atoms with Gasteiger partial charge in [0.25, 0.3) is 5.91 Å². The minimum absolute atomic E-state index is 0.0679. The number of benzene rings is 3. The molecule has 3 aromatic carbocycles. The SMILES string of the molecule is Cc1cccc(OCC(=O)Nc2nnc(SCc3cccc4ccccc34)s2)c1. The van der Waals surface area contributed by atoms with Crippen LogP contribution in [0.4, 0.5) is 5.13 Å². The summed E-state index contributed by atoms with van der Waals surface area (Å²) in [4.78, 5) is 12.1. The molecule has 1 heterocycles. The van der Waals surface area contributed by atoms with E-state index >= 15 is 0 Å². The van der Waals surface area contributed by atoms with Crippen LogP contribution in [0.3, 0.4) is 0 Å². The molecular weight excluding hydrogens is 402 g/mol. The van der Waals surface area contributed by atoms with Gasteiger partial charge in [0.1, 0.15) is 5.75 Å². The molecule has 0 unspecified atom stereocenters. The molecule has 0 atom stereocenters. The van der Waals surface area contributed by atoms with Gasteiger partial charge in [0.15, 0.2) is 10.9 Å². The highest BCUT2D eigenvalue weighted by atomic mass is 32.2. The van der Waals surface area contributed by atoms with Crippen LogP contribution in [0, 0.1) is 6.92 Å². The van der Waals surface area contributed by atoms with Crippen molar-refractivity contribution in [1.29, 1.82) is 0 Å². The Morgan fingerprint density at radius 1 is 1.07 bits per heavy atom. The Balaban J connectivity index is 1.32. The maximum atomic E-state index is 12.1. The van der Waals surface area contributed by atoms with E-state index in [9.17, 15) is 4.79 Å². The van der Waals surface area contributed by atoms with Crippen LogP contribution in [0.15, 0.2) is 71.1 Å². The average molecular weight is 422 g/mol. The number of aryl methyl sites for hydroxylation is 1. The van der Waals surface area contributed by atoms with Crippen LogP contribution in [-0.4, -0.2) is 22.7 Å². The van der Waals surface area contributed by atoms with Crippen molar-refractivity contribution in [2.75, 3.05) is 11.9 Å². The molecule has 1 aromatic heterocycles. The topological polar surface area (TPSA) is 64.1 Å². The molecule has 0 aliphatic carbocycles. The lowest BCUT2D eigenvalue weighted by Crippen LogP contribution is -2.20. The first-order valence-electron chi connectivity index (χ1n) is 9.10. The van der Waals surface area contributed by atoms with Crippen LogP contribution in [0.2, 0.25) is 0 Å². The van der Waals surface area contributed by atoms with E-state index in [0.29, 0.717) is 10.9 Å². The van der Waals surface area contributed by atoms with Gasteiger partial charge in [-0.25, -0.2) is 0 Å². The third-order valence-electron chi connectivity index (χ3n) is 4.24. The Hall–Kier alpha value is -2.90. The lowest BCUT2D eigenvalue weighted by Gasteiger charge is -2.06. The normalized spacial score (nSPS) is 10.8. The molecule has 0 fully saturated rings. The molecule has 0 spiro atoms. The Morgan fingerprint density at radius 2 is 1.90 bits per heavy atom. The highest BCUT2D eigenvalue weighted by Crippen LogP contribution is 2.30. The van der Waals surface area contributed by atoms with Crippen molar-refractivity contribution in [1.82, 2.24) is 10.2 Å². The van der Waals surface area contributed by atoms with Crippen LogP contribution in [-0.2, 0) is 10.5 Å². The molecule has 4 rings (SSSR count). The Labute approximate surface area is 177 Å². The molecule has 5 nitrogen and oxygen atoms in total. The molecule has 0 bridgehead atoms. The van der Waals surface area contributed by atoms with Crippen LogP contribution in [0.25, 0.3) is 10.8 Å². The van der Waals surface area contributed by atoms with Gasteiger partial charge < -0.3 is 4.74 Å². The van der Waals surface area contributed by atoms with E-state index in [1.54, 1.807) is 11.8 Å². The van der Waals surface area contributed by atoms with Gasteiger partial charge in [0, 0.05) is 5.75 Å². The number of aromatic nitrogens is 2. The van der Waals surface area contributed by atoms with Crippen molar-refractivity contribution in [3.63, 3.8) is 0 Å². The van der Waals surface area contributed by atoms with Gasteiger partial charge in [-0.2, -0.15) is 0 Å². The standard InChI is InChI=1S/C22H19N3O2S2/c1-15-6-4-10-18(12-15)27-13-20(26)23-21-24-25-22(29-21)28-14-17-9-5-8-16-7-2-3-11-19(16)17/h2-12H,13-14H2,1H3,(H,23,24,26). The maximum Gasteiger partial charge on any atom is 0.264 e. The predicted molar refractivity (Wildman–Crippen MR) is 119 cm³/mol. The monoisotopic (exact) mass is 421 g/mol. The van der Waals surface area contributed by atoms with Crippen LogP contribution in [0.1, 0.15) is 11.1 Å².